The molecular weight excluding hydrogens is 316 g/mol. The number of rotatable bonds is 2. The molecule has 1 aliphatic heterocycles. The second-order valence-corrected chi connectivity index (χ2v) is 7.25. The van der Waals surface area contributed by atoms with Crippen molar-refractivity contribution in [1.82, 2.24) is 10.3 Å². The van der Waals surface area contributed by atoms with Crippen molar-refractivity contribution in [2.45, 2.75) is 12.5 Å². The number of aromatic nitrogens is 1. The molecule has 1 unspecified atom stereocenters. The lowest BCUT2D eigenvalue weighted by Gasteiger charge is -2.21. The summed E-state index contributed by atoms with van der Waals surface area (Å²) in [6, 6.07) is 15.7. The zero-order chi connectivity index (χ0) is 15.9. The monoisotopic (exact) mass is 334 g/mol. The van der Waals surface area contributed by atoms with Crippen LogP contribution in [0.3, 0.4) is 0 Å². The summed E-state index contributed by atoms with van der Waals surface area (Å²) in [5.74, 6) is 0. The van der Waals surface area contributed by atoms with Gasteiger partial charge in [0.15, 0.2) is 0 Å². The van der Waals surface area contributed by atoms with E-state index in [1.54, 1.807) is 11.3 Å². The predicted molar refractivity (Wildman–Crippen MR) is 97.4 cm³/mol. The lowest BCUT2D eigenvalue weighted by atomic mass is 10.0. The maximum Gasteiger partial charge on any atom is 0.113 e. The molecule has 120 valence electrons. The minimum atomic E-state index is 0.233. The number of benzene rings is 2. The number of ether oxygens (including phenoxy) is 1. The Hall–Kier alpha value is -2.01. The van der Waals surface area contributed by atoms with E-state index in [9.17, 15) is 0 Å². The summed E-state index contributed by atoms with van der Waals surface area (Å²) < 4.78 is 5.55. The Labute approximate surface area is 145 Å². The van der Waals surface area contributed by atoms with Crippen molar-refractivity contribution >= 4 is 11.3 Å². The fourth-order valence-electron chi connectivity index (χ4n) is 3.61. The SMILES string of the molecule is c1ccc2c(c1)Cc1cc(-c3csc(C4COCCN4)n3)ccc1-2. The fraction of sp³-hybridized carbons (Fsp3) is 0.250. The third-order valence-corrected chi connectivity index (χ3v) is 5.79. The van der Waals surface area contributed by atoms with Crippen LogP contribution < -0.4 is 5.32 Å². The lowest BCUT2D eigenvalue weighted by molar-refractivity contribution is 0.0768. The van der Waals surface area contributed by atoms with E-state index in [1.165, 1.54) is 27.8 Å². The molecule has 1 aliphatic carbocycles. The first-order valence-corrected chi connectivity index (χ1v) is 9.24. The average molecular weight is 334 g/mol. The van der Waals surface area contributed by atoms with Crippen LogP contribution in [0.2, 0.25) is 0 Å². The molecule has 2 heterocycles. The van der Waals surface area contributed by atoms with Gasteiger partial charge in [0.1, 0.15) is 5.01 Å². The smallest absolute Gasteiger partial charge is 0.113 e. The van der Waals surface area contributed by atoms with E-state index in [4.69, 9.17) is 9.72 Å². The standard InChI is InChI=1S/C20H18N2OS/c1-2-4-16-13(3-1)9-15-10-14(5-6-17(15)16)19-12-24-20(22-19)18-11-23-8-7-21-18/h1-6,10,12,18,21H,7-9,11H2. The molecule has 3 nitrogen and oxygen atoms in total. The molecule has 0 amide bonds. The number of morpholine rings is 1. The maximum atomic E-state index is 5.55. The largest absolute Gasteiger partial charge is 0.378 e. The van der Waals surface area contributed by atoms with Crippen molar-refractivity contribution in [2.75, 3.05) is 19.8 Å². The molecule has 0 spiro atoms. The molecule has 0 bridgehead atoms. The molecule has 0 radical (unpaired) electrons. The Bertz CT molecular complexity index is 896. The van der Waals surface area contributed by atoms with Crippen LogP contribution in [-0.2, 0) is 11.2 Å². The fourth-order valence-corrected chi connectivity index (χ4v) is 4.50. The van der Waals surface area contributed by atoms with Crippen LogP contribution in [0, 0.1) is 0 Å². The summed E-state index contributed by atoms with van der Waals surface area (Å²) in [5.41, 5.74) is 7.85. The Morgan fingerprint density at radius 2 is 2.00 bits per heavy atom. The topological polar surface area (TPSA) is 34.1 Å². The van der Waals surface area contributed by atoms with E-state index in [-0.39, 0.29) is 6.04 Å². The second-order valence-electron chi connectivity index (χ2n) is 6.36. The molecule has 3 aromatic rings. The van der Waals surface area contributed by atoms with Crippen LogP contribution in [-0.4, -0.2) is 24.7 Å². The van der Waals surface area contributed by atoms with Gasteiger partial charge in [0.2, 0.25) is 0 Å². The van der Waals surface area contributed by atoms with Crippen molar-refractivity contribution < 1.29 is 4.74 Å². The normalized spacial score (nSPS) is 19.1. The minimum Gasteiger partial charge on any atom is -0.378 e. The van der Waals surface area contributed by atoms with Crippen molar-refractivity contribution in [1.29, 1.82) is 0 Å². The van der Waals surface area contributed by atoms with Gasteiger partial charge in [-0.3, -0.25) is 0 Å². The van der Waals surface area contributed by atoms with E-state index in [0.29, 0.717) is 6.61 Å². The Balaban J connectivity index is 1.46. The molecular formula is C20H18N2OS. The number of fused-ring (bicyclic) bond motifs is 3. The predicted octanol–water partition coefficient (Wildman–Crippen LogP) is 4.04. The molecule has 1 atom stereocenters. The van der Waals surface area contributed by atoms with Crippen molar-refractivity contribution in [2.24, 2.45) is 0 Å². The molecule has 2 aromatic carbocycles. The van der Waals surface area contributed by atoms with E-state index >= 15 is 0 Å². The highest BCUT2D eigenvalue weighted by Crippen LogP contribution is 2.38. The van der Waals surface area contributed by atoms with Gasteiger partial charge < -0.3 is 10.1 Å². The van der Waals surface area contributed by atoms with Crippen LogP contribution in [0.25, 0.3) is 22.4 Å². The molecule has 0 saturated carbocycles. The van der Waals surface area contributed by atoms with E-state index in [1.807, 2.05) is 0 Å². The summed E-state index contributed by atoms with van der Waals surface area (Å²) in [6.07, 6.45) is 1.02. The summed E-state index contributed by atoms with van der Waals surface area (Å²) in [7, 11) is 0. The first-order valence-electron chi connectivity index (χ1n) is 8.36. The molecule has 1 aromatic heterocycles. The molecule has 24 heavy (non-hydrogen) atoms. The van der Waals surface area contributed by atoms with Crippen molar-refractivity contribution in [3.63, 3.8) is 0 Å². The van der Waals surface area contributed by atoms with Gasteiger partial charge in [0.05, 0.1) is 24.9 Å². The van der Waals surface area contributed by atoms with Crippen LogP contribution in [0.5, 0.6) is 0 Å². The number of hydrogen-bond acceptors (Lipinski definition) is 4. The molecule has 2 aliphatic rings. The minimum absolute atomic E-state index is 0.233. The molecule has 1 saturated heterocycles. The second kappa shape index (κ2) is 5.81. The Morgan fingerprint density at radius 1 is 1.08 bits per heavy atom. The van der Waals surface area contributed by atoms with Crippen LogP contribution >= 0.6 is 11.3 Å². The highest BCUT2D eigenvalue weighted by atomic mass is 32.1. The number of nitrogens with one attached hydrogen (secondary N) is 1. The van der Waals surface area contributed by atoms with Gasteiger partial charge in [-0.05, 0) is 34.7 Å². The van der Waals surface area contributed by atoms with Gasteiger partial charge in [-0.2, -0.15) is 0 Å². The molecule has 1 N–H and O–H groups in total. The van der Waals surface area contributed by atoms with Crippen LogP contribution in [0.15, 0.2) is 47.8 Å². The van der Waals surface area contributed by atoms with Gasteiger partial charge in [0.25, 0.3) is 0 Å². The van der Waals surface area contributed by atoms with Gasteiger partial charge >= 0.3 is 0 Å². The first-order chi connectivity index (χ1) is 11.9. The highest BCUT2D eigenvalue weighted by Gasteiger charge is 2.21. The molecule has 5 rings (SSSR count). The quantitative estimate of drug-likeness (QED) is 0.601. The van der Waals surface area contributed by atoms with Crippen molar-refractivity contribution in [3.8, 4) is 22.4 Å². The average Bonchev–Trinajstić information content (AvgIpc) is 3.27. The first kappa shape index (κ1) is 14.3. The van der Waals surface area contributed by atoms with Crippen LogP contribution in [0.1, 0.15) is 22.2 Å². The number of thiazole rings is 1. The van der Waals surface area contributed by atoms with E-state index in [2.05, 4.69) is 53.2 Å². The maximum absolute atomic E-state index is 5.55. The van der Waals surface area contributed by atoms with Gasteiger partial charge in [-0.25, -0.2) is 4.98 Å². The summed E-state index contributed by atoms with van der Waals surface area (Å²) in [4.78, 5) is 4.85. The Morgan fingerprint density at radius 3 is 2.92 bits per heavy atom. The highest BCUT2D eigenvalue weighted by molar-refractivity contribution is 7.10. The lowest BCUT2D eigenvalue weighted by Crippen LogP contribution is -2.34. The molecule has 4 heteroatoms. The third-order valence-electron chi connectivity index (χ3n) is 4.83. The number of nitrogens with zero attached hydrogens (tertiary/aromatic N) is 1. The zero-order valence-electron chi connectivity index (χ0n) is 13.3. The van der Waals surface area contributed by atoms with Gasteiger partial charge in [-0.1, -0.05) is 36.4 Å². The third kappa shape index (κ3) is 2.38. The Kier molecular flexibility index (Phi) is 3.47. The number of hydrogen-bond donors (Lipinski definition) is 1. The van der Waals surface area contributed by atoms with Gasteiger partial charge in [-0.15, -0.1) is 11.3 Å². The van der Waals surface area contributed by atoms with Gasteiger partial charge in [0, 0.05) is 17.5 Å². The summed E-state index contributed by atoms with van der Waals surface area (Å²) in [5, 5.41) is 6.76. The van der Waals surface area contributed by atoms with E-state index < -0.39 is 0 Å². The van der Waals surface area contributed by atoms with E-state index in [0.717, 1.165) is 30.3 Å². The summed E-state index contributed by atoms with van der Waals surface area (Å²) in [6.45, 7) is 2.41. The molecule has 1 fully saturated rings. The zero-order valence-corrected chi connectivity index (χ0v) is 14.1. The summed E-state index contributed by atoms with van der Waals surface area (Å²) >= 11 is 1.72. The van der Waals surface area contributed by atoms with Crippen molar-refractivity contribution in [3.05, 3.63) is 64.0 Å². The van der Waals surface area contributed by atoms with Crippen LogP contribution in [0.4, 0.5) is 0 Å².